The highest BCUT2D eigenvalue weighted by Crippen LogP contribution is 2.24. The van der Waals surface area contributed by atoms with Gasteiger partial charge in [-0.2, -0.15) is 0 Å². The second kappa shape index (κ2) is 3.37. The van der Waals surface area contributed by atoms with Crippen molar-refractivity contribution in [2.45, 2.75) is 25.5 Å². The highest BCUT2D eigenvalue weighted by Gasteiger charge is 2.11. The molecule has 0 aromatic rings. The summed E-state index contributed by atoms with van der Waals surface area (Å²) in [6.45, 7) is 9.98. The summed E-state index contributed by atoms with van der Waals surface area (Å²) in [5.74, 6) is 0. The van der Waals surface area contributed by atoms with Crippen LogP contribution in [0.15, 0.2) is 12.7 Å². The van der Waals surface area contributed by atoms with E-state index >= 15 is 0 Å². The monoisotopic (exact) mass is 160 g/mol. The molecule has 0 saturated heterocycles. The predicted octanol–water partition coefficient (Wildman–Crippen LogP) is 3.03. The first-order valence-corrected chi connectivity index (χ1v) is 4.03. The lowest BCUT2D eigenvalue weighted by atomic mass is 10.3. The second-order valence-electron chi connectivity index (χ2n) is 2.74. The lowest BCUT2D eigenvalue weighted by molar-refractivity contribution is 0.809. The fourth-order valence-electron chi connectivity index (χ4n) is 0.343. The number of hydrogen-bond acceptors (Lipinski definition) is 2. The number of hydrogen-bond donors (Lipinski definition) is 0. The van der Waals surface area contributed by atoms with Crippen molar-refractivity contribution in [3.8, 4) is 0 Å². The quantitative estimate of drug-likeness (QED) is 0.427. The van der Waals surface area contributed by atoms with Crippen LogP contribution < -0.4 is 0 Å². The molecule has 0 spiro atoms. The Morgan fingerprint density at radius 1 is 1.56 bits per heavy atom. The van der Waals surface area contributed by atoms with Gasteiger partial charge in [-0.25, -0.2) is 0 Å². The Morgan fingerprint density at radius 3 is 2.11 bits per heavy atom. The van der Waals surface area contributed by atoms with Crippen LogP contribution in [0.5, 0.6) is 0 Å². The first-order valence-electron chi connectivity index (χ1n) is 2.81. The Kier molecular flexibility index (Phi) is 3.44. The zero-order chi connectivity index (χ0) is 7.49. The summed E-state index contributed by atoms with van der Waals surface area (Å²) in [5, 5.41) is 0. The van der Waals surface area contributed by atoms with Crippen LogP contribution in [0, 0.1) is 0 Å². The standard InChI is InChI=1S/C7H12S2/c1-5-6(8)9-7(2,3)4/h5H,1H2,2-4H3. The maximum atomic E-state index is 4.95. The van der Waals surface area contributed by atoms with Gasteiger partial charge in [-0.1, -0.05) is 39.6 Å². The maximum Gasteiger partial charge on any atom is 0.0704 e. The zero-order valence-corrected chi connectivity index (χ0v) is 7.73. The minimum atomic E-state index is 0.227. The van der Waals surface area contributed by atoms with Gasteiger partial charge < -0.3 is 0 Å². The van der Waals surface area contributed by atoms with Crippen LogP contribution in [-0.4, -0.2) is 8.94 Å². The first-order chi connectivity index (χ1) is 3.95. The largest absolute Gasteiger partial charge is 0.109 e. The topological polar surface area (TPSA) is 0 Å². The third kappa shape index (κ3) is 6.06. The molecule has 0 saturated carbocycles. The Morgan fingerprint density at radius 2 is 2.00 bits per heavy atom. The molecule has 0 N–H and O–H groups in total. The number of thioether (sulfide) groups is 1. The van der Waals surface area contributed by atoms with Gasteiger partial charge in [-0.3, -0.25) is 0 Å². The average Bonchev–Trinajstić information content (AvgIpc) is 1.62. The molecule has 0 heterocycles. The van der Waals surface area contributed by atoms with Gasteiger partial charge >= 0.3 is 0 Å². The van der Waals surface area contributed by atoms with Crippen LogP contribution >= 0.6 is 24.0 Å². The molecule has 0 nitrogen and oxygen atoms in total. The summed E-state index contributed by atoms with van der Waals surface area (Å²) in [5.41, 5.74) is 0. The minimum absolute atomic E-state index is 0.227. The zero-order valence-electron chi connectivity index (χ0n) is 6.10. The Labute approximate surface area is 66.7 Å². The maximum absolute atomic E-state index is 4.95. The molecule has 0 bridgehead atoms. The van der Waals surface area contributed by atoms with Gasteiger partial charge in [0.25, 0.3) is 0 Å². The molecular weight excluding hydrogens is 148 g/mol. The van der Waals surface area contributed by atoms with Crippen molar-refractivity contribution in [2.24, 2.45) is 0 Å². The van der Waals surface area contributed by atoms with E-state index in [1.807, 2.05) is 0 Å². The lowest BCUT2D eigenvalue weighted by Crippen LogP contribution is -2.09. The van der Waals surface area contributed by atoms with Gasteiger partial charge in [0.05, 0.1) is 4.20 Å². The molecule has 0 rings (SSSR count). The van der Waals surface area contributed by atoms with Crippen molar-refractivity contribution < 1.29 is 0 Å². The van der Waals surface area contributed by atoms with Crippen molar-refractivity contribution >= 4 is 28.2 Å². The van der Waals surface area contributed by atoms with Gasteiger partial charge in [0.15, 0.2) is 0 Å². The van der Waals surface area contributed by atoms with Crippen molar-refractivity contribution in [3.63, 3.8) is 0 Å². The van der Waals surface area contributed by atoms with Gasteiger partial charge in [0.2, 0.25) is 0 Å². The lowest BCUT2D eigenvalue weighted by Gasteiger charge is -2.15. The molecular formula is C7H12S2. The van der Waals surface area contributed by atoms with Crippen molar-refractivity contribution in [3.05, 3.63) is 12.7 Å². The molecule has 0 amide bonds. The van der Waals surface area contributed by atoms with Gasteiger partial charge in [-0.15, -0.1) is 11.8 Å². The van der Waals surface area contributed by atoms with E-state index in [4.69, 9.17) is 12.2 Å². The van der Waals surface area contributed by atoms with E-state index in [0.717, 1.165) is 4.20 Å². The number of thiocarbonyl (C=S) groups is 1. The van der Waals surface area contributed by atoms with Crippen LogP contribution in [0.4, 0.5) is 0 Å². The normalized spacial score (nSPS) is 11.0. The molecule has 2 heteroatoms. The third-order valence-corrected chi connectivity index (χ3v) is 1.97. The van der Waals surface area contributed by atoms with Crippen molar-refractivity contribution in [1.29, 1.82) is 0 Å². The molecule has 9 heavy (non-hydrogen) atoms. The van der Waals surface area contributed by atoms with Crippen LogP contribution in [0.2, 0.25) is 0 Å². The van der Waals surface area contributed by atoms with Crippen LogP contribution in [0.3, 0.4) is 0 Å². The van der Waals surface area contributed by atoms with E-state index in [1.165, 1.54) is 0 Å². The van der Waals surface area contributed by atoms with Gasteiger partial charge in [0.1, 0.15) is 0 Å². The predicted molar refractivity (Wildman–Crippen MR) is 50.1 cm³/mol. The highest BCUT2D eigenvalue weighted by atomic mass is 32.2. The highest BCUT2D eigenvalue weighted by molar-refractivity contribution is 8.24. The summed E-state index contributed by atoms with van der Waals surface area (Å²) in [4.78, 5) is 0. The van der Waals surface area contributed by atoms with Gasteiger partial charge in [0, 0.05) is 4.75 Å². The molecule has 0 radical (unpaired) electrons. The molecule has 0 fully saturated rings. The van der Waals surface area contributed by atoms with E-state index in [-0.39, 0.29) is 4.75 Å². The smallest absolute Gasteiger partial charge is 0.0704 e. The second-order valence-corrected chi connectivity index (χ2v) is 5.30. The van der Waals surface area contributed by atoms with E-state index in [1.54, 1.807) is 17.8 Å². The summed E-state index contributed by atoms with van der Waals surface area (Å²) in [6.07, 6.45) is 1.71. The van der Waals surface area contributed by atoms with Crippen molar-refractivity contribution in [2.75, 3.05) is 0 Å². The molecule has 0 aliphatic carbocycles. The summed E-state index contributed by atoms with van der Waals surface area (Å²) < 4.78 is 1.10. The average molecular weight is 160 g/mol. The molecule has 0 aromatic carbocycles. The Hall–Kier alpha value is 0.180. The fourth-order valence-corrected chi connectivity index (χ4v) is 1.78. The van der Waals surface area contributed by atoms with E-state index < -0.39 is 0 Å². The SMILES string of the molecule is C=CC(=S)SC(C)(C)C. The van der Waals surface area contributed by atoms with E-state index in [0.29, 0.717) is 0 Å². The molecule has 0 unspecified atom stereocenters. The fraction of sp³-hybridized carbons (Fsp3) is 0.571. The van der Waals surface area contributed by atoms with Crippen LogP contribution in [0.1, 0.15) is 20.8 Å². The van der Waals surface area contributed by atoms with Crippen LogP contribution in [0.25, 0.3) is 0 Å². The third-order valence-electron chi connectivity index (χ3n) is 0.573. The summed E-state index contributed by atoms with van der Waals surface area (Å²) in [7, 11) is 0. The first kappa shape index (κ1) is 9.18. The van der Waals surface area contributed by atoms with Gasteiger partial charge in [-0.05, 0) is 6.08 Å². The van der Waals surface area contributed by atoms with E-state index in [9.17, 15) is 0 Å². The Bertz CT molecular complexity index is 119. The molecule has 0 atom stereocenters. The molecule has 0 aromatic heterocycles. The molecule has 0 aliphatic rings. The minimum Gasteiger partial charge on any atom is -0.109 e. The molecule has 52 valence electrons. The van der Waals surface area contributed by atoms with Crippen LogP contribution in [-0.2, 0) is 0 Å². The van der Waals surface area contributed by atoms with E-state index in [2.05, 4.69) is 27.4 Å². The van der Waals surface area contributed by atoms with Crippen molar-refractivity contribution in [1.82, 2.24) is 0 Å². The molecule has 0 aliphatic heterocycles. The summed E-state index contributed by atoms with van der Waals surface area (Å²) >= 11 is 6.62. The number of rotatable bonds is 1. The summed E-state index contributed by atoms with van der Waals surface area (Å²) in [6, 6.07) is 0. The Balaban J connectivity index is 3.74.